The molecule has 35 heavy (non-hydrogen) atoms. The molecule has 0 rings (SSSR count). The van der Waals surface area contributed by atoms with Crippen LogP contribution < -0.4 is 0 Å². The molecule has 0 aromatic rings. The minimum Gasteiger partial charge on any atom is -0.461 e. The molecule has 0 aliphatic rings. The number of unbranched alkanes of at least 4 members (excludes halogenated alkanes) is 13. The first kappa shape index (κ1) is 34.1. The minimum atomic E-state index is -0.0496. The van der Waals surface area contributed by atoms with Gasteiger partial charge >= 0.3 is 5.97 Å². The summed E-state index contributed by atoms with van der Waals surface area (Å²) in [6.07, 6.45) is 28.6. The third kappa shape index (κ3) is 27.6. The Labute approximate surface area is 219 Å². The van der Waals surface area contributed by atoms with E-state index >= 15 is 0 Å². The smallest absolute Gasteiger partial charge is 0.306 e. The van der Waals surface area contributed by atoms with Crippen LogP contribution in [-0.2, 0) is 14.3 Å². The fourth-order valence-corrected chi connectivity index (χ4v) is 4.33. The van der Waals surface area contributed by atoms with Gasteiger partial charge in [-0.25, -0.2) is 0 Å². The van der Waals surface area contributed by atoms with Crippen molar-refractivity contribution in [1.29, 1.82) is 0 Å². The number of allylic oxidation sites excluding steroid dienone is 1. The summed E-state index contributed by atoms with van der Waals surface area (Å²) < 4.78 is 11.6. The molecule has 208 valence electrons. The van der Waals surface area contributed by atoms with E-state index in [-0.39, 0.29) is 5.97 Å². The quantitative estimate of drug-likeness (QED) is 0.0648. The van der Waals surface area contributed by atoms with Crippen LogP contribution in [0.4, 0.5) is 0 Å². The molecule has 0 bridgehead atoms. The highest BCUT2D eigenvalue weighted by molar-refractivity contribution is 5.69. The zero-order valence-corrected chi connectivity index (χ0v) is 24.2. The van der Waals surface area contributed by atoms with Crippen LogP contribution >= 0.6 is 0 Å². The van der Waals surface area contributed by atoms with Gasteiger partial charge in [-0.2, -0.15) is 0 Å². The number of hydrogen-bond acceptors (Lipinski definition) is 4. The molecule has 1 unspecified atom stereocenters. The van der Waals surface area contributed by atoms with Crippen molar-refractivity contribution in [3.8, 4) is 0 Å². The lowest BCUT2D eigenvalue weighted by atomic mass is 10.0. The van der Waals surface area contributed by atoms with E-state index in [9.17, 15) is 4.79 Å². The Morgan fingerprint density at radius 2 is 1.31 bits per heavy atom. The monoisotopic (exact) mass is 495 g/mol. The van der Waals surface area contributed by atoms with Crippen LogP contribution in [0, 0.1) is 0 Å². The fourth-order valence-electron chi connectivity index (χ4n) is 4.33. The first-order valence-corrected chi connectivity index (χ1v) is 15.2. The minimum absolute atomic E-state index is 0.0496. The Kier molecular flexibility index (Phi) is 27.0. The van der Waals surface area contributed by atoms with Crippen molar-refractivity contribution < 1.29 is 14.3 Å². The molecule has 0 radical (unpaired) electrons. The highest BCUT2D eigenvalue weighted by Crippen LogP contribution is 2.17. The van der Waals surface area contributed by atoms with Crippen LogP contribution in [0.1, 0.15) is 142 Å². The Morgan fingerprint density at radius 1 is 0.714 bits per heavy atom. The standard InChI is InChI=1S/C31H61NO3/c1-5-7-9-11-12-17-22-29-35-31(33)26-20-16-13-15-19-25-30(24-18-14-10-8-6-2)34-28-23-21-27-32(3)4/h17,22,30H,5-16,18-21,23-29H2,1-4H3/b22-17-. The van der Waals surface area contributed by atoms with Crippen LogP contribution in [0.25, 0.3) is 0 Å². The Hall–Kier alpha value is -0.870. The Morgan fingerprint density at radius 3 is 1.97 bits per heavy atom. The molecule has 0 saturated heterocycles. The van der Waals surface area contributed by atoms with E-state index in [0.717, 1.165) is 38.8 Å². The lowest BCUT2D eigenvalue weighted by Crippen LogP contribution is -2.16. The predicted molar refractivity (Wildman–Crippen MR) is 152 cm³/mol. The summed E-state index contributed by atoms with van der Waals surface area (Å²) in [5, 5.41) is 0. The number of esters is 1. The summed E-state index contributed by atoms with van der Waals surface area (Å²) in [6, 6.07) is 0. The van der Waals surface area contributed by atoms with Crippen molar-refractivity contribution in [3.63, 3.8) is 0 Å². The first-order chi connectivity index (χ1) is 17.1. The van der Waals surface area contributed by atoms with Crippen molar-refractivity contribution in [3.05, 3.63) is 12.2 Å². The summed E-state index contributed by atoms with van der Waals surface area (Å²) in [7, 11) is 4.27. The number of carbonyl (C=O) groups is 1. The molecule has 0 aromatic carbocycles. The largest absolute Gasteiger partial charge is 0.461 e. The lowest BCUT2D eigenvalue weighted by Gasteiger charge is -2.18. The van der Waals surface area contributed by atoms with Gasteiger partial charge in [-0.05, 0) is 65.6 Å². The van der Waals surface area contributed by atoms with Crippen molar-refractivity contribution in [2.75, 3.05) is 33.9 Å². The Balaban J connectivity index is 3.79. The number of rotatable bonds is 27. The fraction of sp³-hybridized carbons (Fsp3) is 0.903. The summed E-state index contributed by atoms with van der Waals surface area (Å²) in [4.78, 5) is 14.1. The molecule has 4 heteroatoms. The summed E-state index contributed by atoms with van der Waals surface area (Å²) in [6.45, 7) is 6.99. The molecule has 0 N–H and O–H groups in total. The normalized spacial score (nSPS) is 12.6. The summed E-state index contributed by atoms with van der Waals surface area (Å²) in [5.74, 6) is -0.0496. The second kappa shape index (κ2) is 27.7. The second-order valence-corrected chi connectivity index (χ2v) is 10.5. The zero-order chi connectivity index (χ0) is 25.8. The number of ether oxygens (including phenoxy) is 2. The molecule has 0 aliphatic heterocycles. The summed E-state index contributed by atoms with van der Waals surface area (Å²) in [5.41, 5.74) is 0. The van der Waals surface area contributed by atoms with Gasteiger partial charge < -0.3 is 14.4 Å². The van der Waals surface area contributed by atoms with Gasteiger partial charge in [0.1, 0.15) is 6.61 Å². The highest BCUT2D eigenvalue weighted by atomic mass is 16.5. The van der Waals surface area contributed by atoms with Gasteiger partial charge in [0.25, 0.3) is 0 Å². The molecular weight excluding hydrogens is 434 g/mol. The van der Waals surface area contributed by atoms with Gasteiger partial charge in [0.2, 0.25) is 0 Å². The van der Waals surface area contributed by atoms with Crippen molar-refractivity contribution >= 4 is 5.97 Å². The van der Waals surface area contributed by atoms with E-state index in [1.165, 1.54) is 96.3 Å². The highest BCUT2D eigenvalue weighted by Gasteiger charge is 2.09. The Bertz CT molecular complexity index is 464. The van der Waals surface area contributed by atoms with E-state index in [0.29, 0.717) is 19.1 Å². The molecular formula is C31H61NO3. The van der Waals surface area contributed by atoms with Gasteiger partial charge in [0, 0.05) is 13.0 Å². The average Bonchev–Trinajstić information content (AvgIpc) is 2.84. The van der Waals surface area contributed by atoms with E-state index in [4.69, 9.17) is 9.47 Å². The number of nitrogens with zero attached hydrogens (tertiary/aromatic N) is 1. The maximum Gasteiger partial charge on any atom is 0.306 e. The summed E-state index contributed by atoms with van der Waals surface area (Å²) >= 11 is 0. The van der Waals surface area contributed by atoms with Crippen molar-refractivity contribution in [2.45, 2.75) is 148 Å². The molecule has 1 atom stereocenters. The van der Waals surface area contributed by atoms with Crippen LogP contribution in [-0.4, -0.2) is 50.8 Å². The van der Waals surface area contributed by atoms with Gasteiger partial charge in [-0.15, -0.1) is 0 Å². The lowest BCUT2D eigenvalue weighted by molar-refractivity contribution is -0.142. The SMILES string of the molecule is CCCCCC/C=C\COC(=O)CCCCCCCC(CCCCCCC)OCCCCN(C)C. The van der Waals surface area contributed by atoms with Gasteiger partial charge in [0.05, 0.1) is 6.10 Å². The van der Waals surface area contributed by atoms with E-state index in [1.807, 2.05) is 6.08 Å². The first-order valence-electron chi connectivity index (χ1n) is 15.2. The third-order valence-corrected chi connectivity index (χ3v) is 6.62. The van der Waals surface area contributed by atoms with Crippen molar-refractivity contribution in [2.24, 2.45) is 0 Å². The second-order valence-electron chi connectivity index (χ2n) is 10.5. The van der Waals surface area contributed by atoms with E-state index < -0.39 is 0 Å². The maximum absolute atomic E-state index is 11.9. The van der Waals surface area contributed by atoms with E-state index in [1.54, 1.807) is 0 Å². The molecule has 0 spiro atoms. The topological polar surface area (TPSA) is 38.8 Å². The average molecular weight is 496 g/mol. The predicted octanol–water partition coefficient (Wildman–Crippen LogP) is 8.87. The number of carbonyl (C=O) groups excluding carboxylic acids is 1. The van der Waals surface area contributed by atoms with Crippen LogP contribution in [0.5, 0.6) is 0 Å². The molecule has 0 fully saturated rings. The van der Waals surface area contributed by atoms with Gasteiger partial charge in [0.15, 0.2) is 0 Å². The van der Waals surface area contributed by atoms with Crippen LogP contribution in [0.3, 0.4) is 0 Å². The van der Waals surface area contributed by atoms with Gasteiger partial charge in [-0.3, -0.25) is 4.79 Å². The van der Waals surface area contributed by atoms with Gasteiger partial charge in [-0.1, -0.05) is 103 Å². The van der Waals surface area contributed by atoms with Crippen LogP contribution in [0.15, 0.2) is 12.2 Å². The van der Waals surface area contributed by atoms with Crippen LogP contribution in [0.2, 0.25) is 0 Å². The molecule has 0 heterocycles. The zero-order valence-electron chi connectivity index (χ0n) is 24.2. The van der Waals surface area contributed by atoms with Crippen molar-refractivity contribution in [1.82, 2.24) is 4.90 Å². The molecule has 0 aliphatic carbocycles. The third-order valence-electron chi connectivity index (χ3n) is 6.62. The molecule has 0 aromatic heterocycles. The maximum atomic E-state index is 11.9. The molecule has 0 amide bonds. The molecule has 4 nitrogen and oxygen atoms in total. The molecule has 0 saturated carbocycles. The number of hydrogen-bond donors (Lipinski definition) is 0. The van der Waals surface area contributed by atoms with E-state index in [2.05, 4.69) is 38.9 Å².